The van der Waals surface area contributed by atoms with Gasteiger partial charge < -0.3 is 18.2 Å². The third-order valence-electron chi connectivity index (χ3n) is 0. The molecule has 0 aromatic carbocycles. The van der Waals surface area contributed by atoms with Crippen LogP contribution in [0.25, 0.3) is 0 Å². The van der Waals surface area contributed by atoms with Crippen LogP contribution in [0, 0.1) is 0 Å². The van der Waals surface area contributed by atoms with E-state index in [1.807, 2.05) is 0 Å². The molecule has 0 aliphatic rings. The van der Waals surface area contributed by atoms with Crippen molar-refractivity contribution in [2.75, 3.05) is 0 Å². The van der Waals surface area contributed by atoms with Gasteiger partial charge in [-0.3, -0.25) is 16.8 Å². The van der Waals surface area contributed by atoms with Gasteiger partial charge in [-0.05, 0) is 0 Å². The molecule has 0 saturated heterocycles. The summed E-state index contributed by atoms with van der Waals surface area (Å²) in [7, 11) is -10.3. The zero-order valence-corrected chi connectivity index (χ0v) is 9.39. The smallest absolute Gasteiger partial charge is 0.0311 e. The molecule has 0 bridgehead atoms. The first-order valence-electron chi connectivity index (χ1n) is 1.33. The first kappa shape index (κ1) is 17.4. The minimum absolute atomic E-state index is 0. The summed E-state index contributed by atoms with van der Waals surface area (Å²) in [4.78, 5) is 0. The molecule has 11 heavy (non-hydrogen) atoms. The molecule has 0 aliphatic heterocycles. The van der Waals surface area contributed by atoms with Gasteiger partial charge in [-0.1, -0.05) is 0 Å². The van der Waals surface area contributed by atoms with E-state index in [9.17, 15) is 0 Å². The normalized spacial score (nSPS) is 10.5. The standard InChI is InChI=1S/2H2O4S.Zn/c2*1-5(2,3)4;/h2*(H2,1,2,3,4);/p-4. The van der Waals surface area contributed by atoms with E-state index in [2.05, 4.69) is 0 Å². The van der Waals surface area contributed by atoms with E-state index in [0.717, 1.165) is 0 Å². The molecular formula is O8S2Zn-4. The van der Waals surface area contributed by atoms with Gasteiger partial charge in [0, 0.05) is 40.3 Å². The van der Waals surface area contributed by atoms with Gasteiger partial charge in [0.05, 0.1) is 0 Å². The maximum Gasteiger partial charge on any atom is 0.0311 e. The first-order chi connectivity index (χ1) is 4.00. The third-order valence-corrected chi connectivity index (χ3v) is 0. The maximum atomic E-state index is 8.52. The van der Waals surface area contributed by atoms with Crippen molar-refractivity contribution in [3.8, 4) is 0 Å². The second-order valence-corrected chi connectivity index (χ2v) is 2.45. The van der Waals surface area contributed by atoms with Crippen LogP contribution in [0.3, 0.4) is 0 Å². The summed E-state index contributed by atoms with van der Waals surface area (Å²) in [5, 5.41) is 0. The molecule has 0 atom stereocenters. The summed E-state index contributed by atoms with van der Waals surface area (Å²) in [5.74, 6) is 0. The van der Waals surface area contributed by atoms with Gasteiger partial charge in [-0.15, -0.1) is 0 Å². The van der Waals surface area contributed by atoms with Crippen LogP contribution in [0.15, 0.2) is 0 Å². The number of hydrogen-bond acceptors (Lipinski definition) is 8. The second-order valence-electron chi connectivity index (χ2n) is 0.816. The molecule has 0 radical (unpaired) electrons. The molecule has 0 heterocycles. The van der Waals surface area contributed by atoms with Gasteiger partial charge in [-0.25, -0.2) is 0 Å². The predicted molar refractivity (Wildman–Crippen MR) is 20.9 cm³/mol. The van der Waals surface area contributed by atoms with E-state index in [4.69, 9.17) is 35.0 Å². The van der Waals surface area contributed by atoms with Crippen LogP contribution in [0.5, 0.6) is 0 Å². The van der Waals surface area contributed by atoms with E-state index in [1.165, 1.54) is 0 Å². The van der Waals surface area contributed by atoms with E-state index < -0.39 is 20.8 Å². The Morgan fingerprint density at radius 2 is 0.636 bits per heavy atom. The summed E-state index contributed by atoms with van der Waals surface area (Å²) in [6, 6.07) is 0. The molecule has 0 saturated carbocycles. The molecule has 0 aliphatic carbocycles. The molecule has 0 spiro atoms. The van der Waals surface area contributed by atoms with Crippen LogP contribution in [0.4, 0.5) is 0 Å². The largest absolute Gasteiger partial charge is 0.759 e. The Labute approximate surface area is 75.5 Å². The number of hydrogen-bond donors (Lipinski definition) is 0. The Hall–Kier alpha value is 0.363. The van der Waals surface area contributed by atoms with Gasteiger partial charge in [0.1, 0.15) is 0 Å². The Morgan fingerprint density at radius 1 is 0.636 bits per heavy atom. The van der Waals surface area contributed by atoms with E-state index >= 15 is 0 Å². The van der Waals surface area contributed by atoms with Gasteiger partial charge in [-0.2, -0.15) is 0 Å². The summed E-state index contributed by atoms with van der Waals surface area (Å²) >= 11 is 0. The van der Waals surface area contributed by atoms with Crippen molar-refractivity contribution >= 4 is 20.8 Å². The van der Waals surface area contributed by atoms with Crippen molar-refractivity contribution in [3.63, 3.8) is 0 Å². The van der Waals surface area contributed by atoms with Crippen LogP contribution >= 0.6 is 0 Å². The molecule has 0 N–H and O–H groups in total. The van der Waals surface area contributed by atoms with Crippen LogP contribution in [0.1, 0.15) is 0 Å². The fourth-order valence-electron chi connectivity index (χ4n) is 0. The topological polar surface area (TPSA) is 161 Å². The van der Waals surface area contributed by atoms with Crippen molar-refractivity contribution in [2.24, 2.45) is 0 Å². The Balaban J connectivity index is -0.000000107. The minimum atomic E-state index is -5.17. The molecular weight excluding hydrogens is 258 g/mol. The molecule has 0 unspecified atom stereocenters. The fourth-order valence-corrected chi connectivity index (χ4v) is 0. The van der Waals surface area contributed by atoms with Gasteiger partial charge in [0.25, 0.3) is 0 Å². The molecule has 0 aromatic rings. The average Bonchev–Trinajstić information content (AvgIpc) is 1.12. The SMILES string of the molecule is O=S(=O)([O-])[O-].O=S(=O)([O-])[O-].[Zn]. The van der Waals surface area contributed by atoms with Crippen LogP contribution in [-0.2, 0) is 40.3 Å². The van der Waals surface area contributed by atoms with Gasteiger partial charge in [0.2, 0.25) is 0 Å². The molecule has 0 fully saturated rings. The average molecular weight is 258 g/mol. The van der Waals surface area contributed by atoms with Crippen molar-refractivity contribution in [1.29, 1.82) is 0 Å². The summed E-state index contributed by atoms with van der Waals surface area (Å²) in [6.45, 7) is 0. The molecule has 11 heteroatoms. The van der Waals surface area contributed by atoms with Gasteiger partial charge >= 0.3 is 0 Å². The van der Waals surface area contributed by atoms with Crippen molar-refractivity contribution in [3.05, 3.63) is 0 Å². The maximum absolute atomic E-state index is 8.52. The van der Waals surface area contributed by atoms with Crippen molar-refractivity contribution in [1.82, 2.24) is 0 Å². The molecule has 8 nitrogen and oxygen atoms in total. The van der Waals surface area contributed by atoms with Crippen LogP contribution < -0.4 is 0 Å². The molecule has 0 amide bonds. The van der Waals surface area contributed by atoms with Crippen LogP contribution in [-0.4, -0.2) is 35.0 Å². The summed E-state index contributed by atoms with van der Waals surface area (Å²) < 4.78 is 68.2. The van der Waals surface area contributed by atoms with Crippen molar-refractivity contribution in [2.45, 2.75) is 0 Å². The van der Waals surface area contributed by atoms with Gasteiger partial charge in [0.15, 0.2) is 0 Å². The van der Waals surface area contributed by atoms with E-state index in [-0.39, 0.29) is 19.5 Å². The molecule has 0 rings (SSSR count). The van der Waals surface area contributed by atoms with E-state index in [0.29, 0.717) is 0 Å². The van der Waals surface area contributed by atoms with E-state index in [1.54, 1.807) is 0 Å². The molecule has 0 aromatic heterocycles. The zero-order chi connectivity index (χ0) is 9.00. The molecule has 66 valence electrons. The minimum Gasteiger partial charge on any atom is -0.759 e. The van der Waals surface area contributed by atoms with Crippen LogP contribution in [0.2, 0.25) is 0 Å². The fraction of sp³-hybridized carbons (Fsp3) is 0. The Kier molecular flexibility index (Phi) is 9.43. The number of rotatable bonds is 0. The monoisotopic (exact) mass is 256 g/mol. The second kappa shape index (κ2) is 5.94. The Bertz CT molecular complexity index is 208. The quantitative estimate of drug-likeness (QED) is 0.258. The predicted octanol–water partition coefficient (Wildman–Crippen LogP) is -2.68. The third kappa shape index (κ3) is 5490. The Morgan fingerprint density at radius 3 is 0.636 bits per heavy atom. The first-order valence-corrected chi connectivity index (χ1v) is 4.00. The summed E-state index contributed by atoms with van der Waals surface area (Å²) in [5.41, 5.74) is 0. The van der Waals surface area contributed by atoms with Crippen molar-refractivity contribution < 1.29 is 54.5 Å². The summed E-state index contributed by atoms with van der Waals surface area (Å²) in [6.07, 6.45) is 0. The zero-order valence-electron chi connectivity index (χ0n) is 4.79.